The first kappa shape index (κ1) is 19.0. The topological polar surface area (TPSA) is 21.3 Å². The summed E-state index contributed by atoms with van der Waals surface area (Å²) in [6.45, 7) is 5.80. The summed E-state index contributed by atoms with van der Waals surface area (Å²) < 4.78 is 7.06. The van der Waals surface area contributed by atoms with Gasteiger partial charge in [-0.1, -0.05) is 53.2 Å². The van der Waals surface area contributed by atoms with Gasteiger partial charge < -0.3 is 10.1 Å². The first-order valence-corrected chi connectivity index (χ1v) is 8.17. The summed E-state index contributed by atoms with van der Waals surface area (Å²) in [5.74, 6) is 0.942. The van der Waals surface area contributed by atoms with Crippen molar-refractivity contribution < 1.29 is 4.74 Å². The van der Waals surface area contributed by atoms with E-state index < -0.39 is 0 Å². The molecule has 4 heteroatoms. The van der Waals surface area contributed by atoms with Gasteiger partial charge in [0.05, 0.1) is 0 Å². The lowest BCUT2D eigenvalue weighted by molar-refractivity contribution is 0.301. The van der Waals surface area contributed by atoms with E-state index in [1.54, 1.807) is 0 Å². The molecule has 2 rings (SSSR count). The lowest BCUT2D eigenvalue weighted by atomic mass is 10.1. The maximum absolute atomic E-state index is 5.98. The van der Waals surface area contributed by atoms with Gasteiger partial charge in [0.25, 0.3) is 0 Å². The Labute approximate surface area is 147 Å². The number of rotatable bonds is 7. The zero-order chi connectivity index (χ0) is 15.1. The first-order valence-electron chi connectivity index (χ1n) is 7.37. The van der Waals surface area contributed by atoms with Crippen LogP contribution in [-0.4, -0.2) is 6.04 Å². The molecule has 0 saturated carbocycles. The summed E-state index contributed by atoms with van der Waals surface area (Å²) in [5, 5.41) is 3.51. The summed E-state index contributed by atoms with van der Waals surface area (Å²) >= 11 is 3.53. The zero-order valence-electron chi connectivity index (χ0n) is 13.0. The van der Waals surface area contributed by atoms with Crippen LogP contribution in [0.4, 0.5) is 0 Å². The number of benzene rings is 2. The second kappa shape index (κ2) is 9.88. The van der Waals surface area contributed by atoms with Crippen molar-refractivity contribution in [2.75, 3.05) is 0 Å². The fourth-order valence-electron chi connectivity index (χ4n) is 1.99. The molecule has 2 nitrogen and oxygen atoms in total. The molecule has 120 valence electrons. The van der Waals surface area contributed by atoms with E-state index in [-0.39, 0.29) is 12.4 Å². The van der Waals surface area contributed by atoms with Crippen molar-refractivity contribution in [3.8, 4) is 5.75 Å². The van der Waals surface area contributed by atoms with Crippen molar-refractivity contribution in [1.82, 2.24) is 5.32 Å². The van der Waals surface area contributed by atoms with Gasteiger partial charge >= 0.3 is 0 Å². The number of hydrogen-bond donors (Lipinski definition) is 1. The predicted octanol–water partition coefficient (Wildman–Crippen LogP) is 5.34. The Bertz CT molecular complexity index is 562. The highest BCUT2D eigenvalue weighted by Gasteiger charge is 2.07. The third-order valence-corrected chi connectivity index (χ3v) is 4.01. The molecule has 0 amide bonds. The Balaban J connectivity index is 0.00000242. The van der Waals surface area contributed by atoms with Crippen LogP contribution < -0.4 is 10.1 Å². The number of hydrogen-bond acceptors (Lipinski definition) is 2. The minimum atomic E-state index is 0. The van der Waals surface area contributed by atoms with Crippen molar-refractivity contribution >= 4 is 28.3 Å². The van der Waals surface area contributed by atoms with Crippen LogP contribution in [0.3, 0.4) is 0 Å². The standard InChI is InChI=1S/C18H22BrNO.ClH/c1-3-14(2)20-12-16-11-17(19)9-10-18(16)21-13-15-7-5-4-6-8-15;/h4-11,14,20H,3,12-13H2,1-2H3;1H. The molecule has 1 unspecified atom stereocenters. The molecule has 22 heavy (non-hydrogen) atoms. The minimum absolute atomic E-state index is 0. The Morgan fingerprint density at radius 2 is 1.86 bits per heavy atom. The quantitative estimate of drug-likeness (QED) is 0.696. The fourth-order valence-corrected chi connectivity index (χ4v) is 2.40. The normalized spacial score (nSPS) is 11.6. The van der Waals surface area contributed by atoms with Crippen molar-refractivity contribution in [2.45, 2.75) is 39.5 Å². The summed E-state index contributed by atoms with van der Waals surface area (Å²) in [5.41, 5.74) is 2.36. The van der Waals surface area contributed by atoms with Crippen LogP contribution in [0, 0.1) is 0 Å². The lowest BCUT2D eigenvalue weighted by Crippen LogP contribution is -2.24. The van der Waals surface area contributed by atoms with Gasteiger partial charge in [0.15, 0.2) is 0 Å². The van der Waals surface area contributed by atoms with Gasteiger partial charge in [-0.15, -0.1) is 12.4 Å². The van der Waals surface area contributed by atoms with Crippen molar-refractivity contribution in [3.63, 3.8) is 0 Å². The number of nitrogens with one attached hydrogen (secondary N) is 1. The van der Waals surface area contributed by atoms with Gasteiger partial charge in [0.1, 0.15) is 12.4 Å². The molecule has 0 heterocycles. The molecule has 0 aliphatic rings. The molecule has 1 N–H and O–H groups in total. The van der Waals surface area contributed by atoms with E-state index in [1.807, 2.05) is 30.3 Å². The highest BCUT2D eigenvalue weighted by Crippen LogP contribution is 2.24. The van der Waals surface area contributed by atoms with E-state index in [0.717, 1.165) is 23.2 Å². The molecule has 2 aromatic rings. The largest absolute Gasteiger partial charge is 0.489 e. The molecule has 2 aromatic carbocycles. The van der Waals surface area contributed by atoms with Crippen LogP contribution in [0.2, 0.25) is 0 Å². The van der Waals surface area contributed by atoms with Crippen LogP contribution in [0.25, 0.3) is 0 Å². The minimum Gasteiger partial charge on any atom is -0.489 e. The van der Waals surface area contributed by atoms with Gasteiger partial charge in [-0.05, 0) is 37.1 Å². The number of ether oxygens (including phenoxy) is 1. The molecule has 0 spiro atoms. The molecular formula is C18H23BrClNO. The van der Waals surface area contributed by atoms with E-state index in [0.29, 0.717) is 12.6 Å². The number of halogens is 2. The van der Waals surface area contributed by atoms with Crippen LogP contribution in [0.15, 0.2) is 53.0 Å². The van der Waals surface area contributed by atoms with E-state index in [4.69, 9.17) is 4.74 Å². The molecule has 1 atom stereocenters. The molecule has 0 bridgehead atoms. The van der Waals surface area contributed by atoms with E-state index >= 15 is 0 Å². The third-order valence-electron chi connectivity index (χ3n) is 3.51. The van der Waals surface area contributed by atoms with Gasteiger partial charge in [0.2, 0.25) is 0 Å². The van der Waals surface area contributed by atoms with Crippen molar-refractivity contribution in [2.24, 2.45) is 0 Å². The summed E-state index contributed by atoms with van der Waals surface area (Å²) in [6.07, 6.45) is 1.12. The van der Waals surface area contributed by atoms with Crippen molar-refractivity contribution in [1.29, 1.82) is 0 Å². The third kappa shape index (κ3) is 5.99. The Morgan fingerprint density at radius 1 is 1.14 bits per heavy atom. The molecular weight excluding hydrogens is 362 g/mol. The zero-order valence-corrected chi connectivity index (χ0v) is 15.4. The highest BCUT2D eigenvalue weighted by molar-refractivity contribution is 9.10. The molecule has 0 aromatic heterocycles. The summed E-state index contributed by atoms with van der Waals surface area (Å²) in [4.78, 5) is 0. The molecule has 0 aliphatic carbocycles. The second-order valence-corrected chi connectivity index (χ2v) is 6.13. The predicted molar refractivity (Wildman–Crippen MR) is 98.8 cm³/mol. The highest BCUT2D eigenvalue weighted by atomic mass is 79.9. The van der Waals surface area contributed by atoms with Gasteiger partial charge in [-0.3, -0.25) is 0 Å². The average molecular weight is 385 g/mol. The Morgan fingerprint density at radius 3 is 2.55 bits per heavy atom. The van der Waals surface area contributed by atoms with E-state index in [2.05, 4.69) is 53.3 Å². The lowest BCUT2D eigenvalue weighted by Gasteiger charge is -2.15. The maximum atomic E-state index is 5.98. The molecule has 0 fully saturated rings. The SMILES string of the molecule is CCC(C)NCc1cc(Br)ccc1OCc1ccccc1.Cl. The summed E-state index contributed by atoms with van der Waals surface area (Å²) in [6, 6.07) is 16.9. The smallest absolute Gasteiger partial charge is 0.124 e. The molecule has 0 radical (unpaired) electrons. The first-order chi connectivity index (χ1) is 10.2. The van der Waals surface area contributed by atoms with Crippen LogP contribution in [0.5, 0.6) is 5.75 Å². The summed E-state index contributed by atoms with van der Waals surface area (Å²) in [7, 11) is 0. The maximum Gasteiger partial charge on any atom is 0.124 e. The van der Waals surface area contributed by atoms with Crippen LogP contribution in [-0.2, 0) is 13.2 Å². The monoisotopic (exact) mass is 383 g/mol. The van der Waals surface area contributed by atoms with Crippen LogP contribution in [0.1, 0.15) is 31.4 Å². The molecule has 0 aliphatic heterocycles. The van der Waals surface area contributed by atoms with E-state index in [9.17, 15) is 0 Å². The average Bonchev–Trinajstić information content (AvgIpc) is 2.52. The Hall–Kier alpha value is -1.03. The van der Waals surface area contributed by atoms with Gasteiger partial charge in [-0.25, -0.2) is 0 Å². The van der Waals surface area contributed by atoms with Crippen LogP contribution >= 0.6 is 28.3 Å². The Kier molecular flexibility index (Phi) is 8.54. The second-order valence-electron chi connectivity index (χ2n) is 5.22. The van der Waals surface area contributed by atoms with Crippen molar-refractivity contribution in [3.05, 3.63) is 64.1 Å². The van der Waals surface area contributed by atoms with E-state index in [1.165, 1.54) is 11.1 Å². The fraction of sp³-hybridized carbons (Fsp3) is 0.333. The van der Waals surface area contributed by atoms with Gasteiger partial charge in [-0.2, -0.15) is 0 Å². The van der Waals surface area contributed by atoms with Gasteiger partial charge in [0, 0.05) is 22.6 Å². The molecule has 0 saturated heterocycles.